The minimum absolute atomic E-state index is 0.955. The average molecular weight is 103 g/mol. The topological polar surface area (TPSA) is 15.4 Å². The summed E-state index contributed by atoms with van der Waals surface area (Å²) in [6, 6.07) is 0. The fourth-order valence-electron chi connectivity index (χ4n) is 0.353. The lowest BCUT2D eigenvalue weighted by molar-refractivity contribution is -0.541. The van der Waals surface area contributed by atoms with Crippen LogP contribution in [0.2, 0.25) is 0 Å². The van der Waals surface area contributed by atoms with Crippen LogP contribution in [-0.4, -0.2) is 23.5 Å². The van der Waals surface area contributed by atoms with Crippen LogP contribution in [-0.2, 0) is 0 Å². The number of hydrogen-bond acceptors (Lipinski definition) is 2. The summed E-state index contributed by atoms with van der Waals surface area (Å²) >= 11 is 1.84. The zero-order chi connectivity index (χ0) is 4.41. The monoisotopic (exact) mass is 103 g/mol. The number of azo groups is 2. The second kappa shape index (κ2) is 1.60. The lowest BCUT2D eigenvalue weighted by Gasteiger charge is -1.71. The van der Waals surface area contributed by atoms with Gasteiger partial charge in [0.2, 0.25) is 5.88 Å². The Balaban J connectivity index is 2.45. The second-order valence-electron chi connectivity index (χ2n) is 1.26. The molecule has 1 heterocycles. The van der Waals surface area contributed by atoms with Crippen LogP contribution < -0.4 is 0 Å². The van der Waals surface area contributed by atoms with E-state index >= 15 is 0 Å². The van der Waals surface area contributed by atoms with Crippen molar-refractivity contribution in [2.45, 2.75) is 0 Å². The van der Waals surface area contributed by atoms with Crippen molar-refractivity contribution in [2.24, 2.45) is 5.11 Å². The molecule has 0 aromatic rings. The highest BCUT2D eigenvalue weighted by Crippen LogP contribution is 2.06. The number of hydrogen-bond donors (Lipinski definition) is 0. The van der Waals surface area contributed by atoms with Gasteiger partial charge in [0.25, 0.3) is 0 Å². The Morgan fingerprint density at radius 2 is 2.67 bits per heavy atom. The van der Waals surface area contributed by atoms with Gasteiger partial charge < -0.3 is 0 Å². The Labute approximate surface area is 41.2 Å². The molecule has 0 spiro atoms. The molecule has 3 heteroatoms. The van der Waals surface area contributed by atoms with Gasteiger partial charge in [0.05, 0.1) is 0 Å². The molecule has 0 bridgehead atoms. The third-order valence-electron chi connectivity index (χ3n) is 0.669. The van der Waals surface area contributed by atoms with Gasteiger partial charge in [-0.3, -0.25) is 0 Å². The van der Waals surface area contributed by atoms with Crippen molar-refractivity contribution in [3.8, 4) is 0 Å². The van der Waals surface area contributed by atoms with E-state index in [1.165, 1.54) is 0 Å². The highest BCUT2D eigenvalue weighted by Gasteiger charge is 2.04. The Hall–Kier alpha value is -0.0500. The smallest absolute Gasteiger partial charge is 0.120 e. The quantitative estimate of drug-likeness (QED) is 0.413. The first kappa shape index (κ1) is 4.12. The number of rotatable bonds is 0. The van der Waals surface area contributed by atoms with E-state index in [1.54, 1.807) is 0 Å². The lowest BCUT2D eigenvalue weighted by atomic mass is 11.2. The number of nitrogens with zero attached hydrogens (tertiary/aromatic N) is 2. The fourth-order valence-corrected chi connectivity index (χ4v) is 1.06. The molecule has 0 aromatic heterocycles. The standard InChI is InChI=1S/C3H7N2S/c1-5-3-6-2-4-5/h2-3H2,1H3/q+1. The van der Waals surface area contributed by atoms with E-state index in [9.17, 15) is 0 Å². The van der Waals surface area contributed by atoms with Crippen LogP contribution in [0, 0.1) is 0 Å². The fraction of sp³-hybridized carbons (Fsp3) is 1.00. The van der Waals surface area contributed by atoms with Crippen LogP contribution in [0.5, 0.6) is 0 Å². The lowest BCUT2D eigenvalue weighted by Crippen LogP contribution is -1.92. The van der Waals surface area contributed by atoms with Crippen molar-refractivity contribution in [3.63, 3.8) is 0 Å². The van der Waals surface area contributed by atoms with E-state index in [4.69, 9.17) is 0 Å². The molecule has 1 aliphatic rings. The maximum Gasteiger partial charge on any atom is 0.216 e. The van der Waals surface area contributed by atoms with Crippen molar-refractivity contribution >= 4 is 11.8 Å². The molecule has 0 N–H and O–H groups in total. The third-order valence-corrected chi connectivity index (χ3v) is 1.52. The molecule has 1 rings (SSSR count). The molecule has 0 fully saturated rings. The first-order chi connectivity index (χ1) is 2.89. The van der Waals surface area contributed by atoms with Crippen molar-refractivity contribution in [1.82, 2.24) is 0 Å². The van der Waals surface area contributed by atoms with E-state index in [0.29, 0.717) is 0 Å². The van der Waals surface area contributed by atoms with Gasteiger partial charge in [-0.2, -0.15) is 0 Å². The van der Waals surface area contributed by atoms with E-state index < -0.39 is 0 Å². The first-order valence-corrected chi connectivity index (χ1v) is 3.01. The predicted octanol–water partition coefficient (Wildman–Crippen LogP) is 0.743. The van der Waals surface area contributed by atoms with Gasteiger partial charge >= 0.3 is 0 Å². The summed E-state index contributed by atoms with van der Waals surface area (Å²) in [6.07, 6.45) is 0. The van der Waals surface area contributed by atoms with Crippen LogP contribution >= 0.6 is 11.8 Å². The Bertz CT molecular complexity index is 78.9. The van der Waals surface area contributed by atoms with Crippen LogP contribution in [0.4, 0.5) is 0 Å². The molecule has 0 unspecified atom stereocenters. The maximum atomic E-state index is 4.03. The molecular weight excluding hydrogens is 96.1 g/mol. The Kier molecular flexibility index (Phi) is 1.10. The van der Waals surface area contributed by atoms with Gasteiger partial charge in [-0.15, -0.1) is 4.70 Å². The summed E-state index contributed by atoms with van der Waals surface area (Å²) in [5.41, 5.74) is 0. The molecule has 2 nitrogen and oxygen atoms in total. The highest BCUT2D eigenvalue weighted by molar-refractivity contribution is 7.99. The Morgan fingerprint density at radius 1 is 1.83 bits per heavy atom. The normalized spacial score (nSPS) is 21.2. The summed E-state index contributed by atoms with van der Waals surface area (Å²) in [4.78, 5) is 0. The third kappa shape index (κ3) is 0.712. The van der Waals surface area contributed by atoms with Crippen molar-refractivity contribution in [1.29, 1.82) is 0 Å². The minimum atomic E-state index is 0.955. The van der Waals surface area contributed by atoms with E-state index in [2.05, 4.69) is 5.11 Å². The van der Waals surface area contributed by atoms with Crippen LogP contribution in [0.25, 0.3) is 0 Å². The molecule has 34 valence electrons. The SMILES string of the molecule is C[N+]1=NCSC1. The van der Waals surface area contributed by atoms with Gasteiger partial charge in [0.1, 0.15) is 0 Å². The molecule has 0 saturated carbocycles. The second-order valence-corrected chi connectivity index (χ2v) is 2.19. The van der Waals surface area contributed by atoms with Gasteiger partial charge in [-0.25, -0.2) is 0 Å². The van der Waals surface area contributed by atoms with Crippen LogP contribution in [0.3, 0.4) is 0 Å². The van der Waals surface area contributed by atoms with E-state index in [-0.39, 0.29) is 0 Å². The van der Waals surface area contributed by atoms with Crippen LogP contribution in [0.15, 0.2) is 5.11 Å². The molecule has 6 heavy (non-hydrogen) atoms. The molecule has 0 atom stereocenters. The van der Waals surface area contributed by atoms with Crippen molar-refractivity contribution in [3.05, 3.63) is 0 Å². The zero-order valence-corrected chi connectivity index (χ0v) is 4.53. The summed E-state index contributed by atoms with van der Waals surface area (Å²) in [6.45, 7) is 0. The Morgan fingerprint density at radius 3 is 2.83 bits per heavy atom. The largest absolute Gasteiger partial charge is 0.216 e. The molecule has 0 aliphatic carbocycles. The van der Waals surface area contributed by atoms with Gasteiger partial charge in [0, 0.05) is 0 Å². The molecule has 0 radical (unpaired) electrons. The van der Waals surface area contributed by atoms with Crippen LogP contribution in [0.1, 0.15) is 0 Å². The maximum absolute atomic E-state index is 4.03. The molecule has 0 aromatic carbocycles. The summed E-state index contributed by atoms with van der Waals surface area (Å²) in [5.74, 6) is 2.02. The summed E-state index contributed by atoms with van der Waals surface area (Å²) < 4.78 is 1.95. The minimum Gasteiger partial charge on any atom is -0.120 e. The zero-order valence-electron chi connectivity index (χ0n) is 3.72. The van der Waals surface area contributed by atoms with Gasteiger partial charge in [-0.1, -0.05) is 11.8 Å². The summed E-state index contributed by atoms with van der Waals surface area (Å²) in [7, 11) is 1.99. The molecule has 0 amide bonds. The predicted molar refractivity (Wildman–Crippen MR) is 25.9 cm³/mol. The van der Waals surface area contributed by atoms with Gasteiger partial charge in [0.15, 0.2) is 12.9 Å². The average Bonchev–Trinajstić information content (AvgIpc) is 1.86. The van der Waals surface area contributed by atoms with Crippen molar-refractivity contribution < 1.29 is 4.70 Å². The van der Waals surface area contributed by atoms with E-state index in [1.807, 2.05) is 23.5 Å². The molecule has 0 saturated heterocycles. The highest BCUT2D eigenvalue weighted by atomic mass is 32.2. The molecular formula is C3H7N2S+. The van der Waals surface area contributed by atoms with E-state index in [0.717, 1.165) is 11.8 Å². The van der Waals surface area contributed by atoms with Crippen molar-refractivity contribution in [2.75, 3.05) is 18.8 Å². The van der Waals surface area contributed by atoms with Gasteiger partial charge in [-0.05, 0) is 5.11 Å². The molecule has 1 aliphatic heterocycles. The number of thioether (sulfide) groups is 1. The summed E-state index contributed by atoms with van der Waals surface area (Å²) in [5, 5.41) is 4.03. The first-order valence-electron chi connectivity index (χ1n) is 1.86.